The van der Waals surface area contributed by atoms with E-state index in [2.05, 4.69) is 16.4 Å². The molecule has 1 N–H and O–H groups in total. The summed E-state index contributed by atoms with van der Waals surface area (Å²) in [5.41, 5.74) is 0. The summed E-state index contributed by atoms with van der Waals surface area (Å²) in [4.78, 5) is 30.3. The number of aliphatic carboxylic acids is 1. The first-order valence-electron chi connectivity index (χ1n) is 7.38. The third kappa shape index (κ3) is 27.6. The lowest BCUT2D eigenvalue weighted by atomic mass is 10.1. The molecule has 0 aromatic heterocycles. The van der Waals surface area contributed by atoms with Gasteiger partial charge in [0.05, 0.1) is 0 Å². The van der Waals surface area contributed by atoms with Crippen molar-refractivity contribution in [3.8, 4) is 0 Å². The second-order valence-corrected chi connectivity index (χ2v) is 4.59. The molecule has 0 aliphatic rings. The van der Waals surface area contributed by atoms with Crippen LogP contribution in [0.15, 0.2) is 0 Å². The van der Waals surface area contributed by atoms with E-state index in [1.807, 2.05) is 0 Å². The highest BCUT2D eigenvalue weighted by atomic mass is 16.6. The van der Waals surface area contributed by atoms with E-state index >= 15 is 0 Å². The molecule has 0 amide bonds. The fourth-order valence-electron chi connectivity index (χ4n) is 1.43. The van der Waals surface area contributed by atoms with Crippen LogP contribution < -0.4 is 0 Å². The molecule has 0 aliphatic carbocycles. The average molecular weight is 304 g/mol. The number of carbonyl (C=O) groups excluding carboxylic acids is 2. The number of hydrogen-bond acceptors (Lipinski definition) is 5. The van der Waals surface area contributed by atoms with Crippen LogP contribution in [-0.2, 0) is 23.9 Å². The van der Waals surface area contributed by atoms with Gasteiger partial charge in [-0.2, -0.15) is 0 Å². The van der Waals surface area contributed by atoms with Gasteiger partial charge < -0.3 is 14.6 Å². The number of carboxylic acids is 1. The van der Waals surface area contributed by atoms with Crippen LogP contribution in [0.3, 0.4) is 0 Å². The lowest BCUT2D eigenvalue weighted by Gasteiger charge is -2.00. The number of rotatable bonds is 10. The molecule has 0 radical (unpaired) electrons. The number of hydrogen-bond donors (Lipinski definition) is 1. The van der Waals surface area contributed by atoms with E-state index in [0.29, 0.717) is 6.42 Å². The molecule has 6 heteroatoms. The van der Waals surface area contributed by atoms with Crippen LogP contribution in [0.5, 0.6) is 0 Å². The zero-order valence-electron chi connectivity index (χ0n) is 13.4. The van der Waals surface area contributed by atoms with Crippen LogP contribution in [0.4, 0.5) is 0 Å². The number of carboxylic acid groups (broad SMARTS) is 1. The second kappa shape index (κ2) is 16.5. The molecular weight excluding hydrogens is 276 g/mol. The largest absolute Gasteiger partial charge is 0.481 e. The predicted molar refractivity (Wildman–Crippen MR) is 78.9 cm³/mol. The Morgan fingerprint density at radius 1 is 0.810 bits per heavy atom. The van der Waals surface area contributed by atoms with Gasteiger partial charge in [-0.25, -0.2) is 0 Å². The summed E-state index contributed by atoms with van der Waals surface area (Å²) < 4.78 is 8.95. The number of esters is 2. The SMILES string of the molecule is CC(=O)OCCOC(C)=O.CCCCCCCCC(=O)O. The maximum absolute atomic E-state index is 10.1. The van der Waals surface area contributed by atoms with Gasteiger partial charge in [0.15, 0.2) is 0 Å². The van der Waals surface area contributed by atoms with Gasteiger partial charge in [0.1, 0.15) is 13.2 Å². The van der Waals surface area contributed by atoms with E-state index in [1.165, 1.54) is 39.5 Å². The summed E-state index contributed by atoms with van der Waals surface area (Å²) in [6.45, 7) is 5.04. The minimum Gasteiger partial charge on any atom is -0.481 e. The molecule has 0 unspecified atom stereocenters. The minimum atomic E-state index is -0.666. The highest BCUT2D eigenvalue weighted by molar-refractivity contribution is 5.67. The van der Waals surface area contributed by atoms with Crippen molar-refractivity contribution in [1.82, 2.24) is 0 Å². The predicted octanol–water partition coefficient (Wildman–Crippen LogP) is 2.93. The minimum absolute atomic E-state index is 0.134. The van der Waals surface area contributed by atoms with Gasteiger partial charge in [-0.3, -0.25) is 14.4 Å². The fraction of sp³-hybridized carbons (Fsp3) is 0.800. The number of unbranched alkanes of at least 4 members (excludes halogenated alkanes) is 5. The summed E-state index contributed by atoms with van der Waals surface area (Å²) in [7, 11) is 0. The van der Waals surface area contributed by atoms with Gasteiger partial charge in [0.2, 0.25) is 0 Å². The van der Waals surface area contributed by atoms with Gasteiger partial charge in [-0.1, -0.05) is 39.0 Å². The molecule has 0 saturated carbocycles. The molecule has 0 aromatic rings. The van der Waals surface area contributed by atoms with E-state index in [4.69, 9.17) is 5.11 Å². The Morgan fingerprint density at radius 2 is 1.24 bits per heavy atom. The third-order valence-electron chi connectivity index (χ3n) is 2.44. The Kier molecular flexibility index (Phi) is 17.0. The van der Waals surface area contributed by atoms with Gasteiger partial charge in [-0.05, 0) is 6.42 Å². The smallest absolute Gasteiger partial charge is 0.303 e. The Morgan fingerprint density at radius 3 is 1.62 bits per heavy atom. The number of ether oxygens (including phenoxy) is 2. The highest BCUT2D eigenvalue weighted by Gasteiger charge is 1.95. The molecule has 0 fully saturated rings. The van der Waals surface area contributed by atoms with Crippen LogP contribution in [0, 0.1) is 0 Å². The van der Waals surface area contributed by atoms with Crippen LogP contribution in [0.2, 0.25) is 0 Å². The zero-order chi connectivity index (χ0) is 16.5. The summed E-state index contributed by atoms with van der Waals surface area (Å²) in [5, 5.41) is 8.32. The molecular formula is C15H28O6. The molecule has 0 saturated heterocycles. The van der Waals surface area contributed by atoms with Crippen molar-refractivity contribution >= 4 is 17.9 Å². The van der Waals surface area contributed by atoms with E-state index < -0.39 is 5.97 Å². The van der Waals surface area contributed by atoms with Gasteiger partial charge in [-0.15, -0.1) is 0 Å². The lowest BCUT2D eigenvalue weighted by molar-refractivity contribution is -0.149. The first-order valence-corrected chi connectivity index (χ1v) is 7.38. The lowest BCUT2D eigenvalue weighted by Crippen LogP contribution is -2.09. The van der Waals surface area contributed by atoms with Crippen LogP contribution in [0.25, 0.3) is 0 Å². The molecule has 0 aromatic carbocycles. The molecule has 21 heavy (non-hydrogen) atoms. The van der Waals surface area contributed by atoms with Crippen molar-refractivity contribution in [2.24, 2.45) is 0 Å². The summed E-state index contributed by atoms with van der Waals surface area (Å²) in [5.74, 6) is -1.40. The van der Waals surface area contributed by atoms with Crippen molar-refractivity contribution in [2.75, 3.05) is 13.2 Å². The van der Waals surface area contributed by atoms with E-state index in [-0.39, 0.29) is 25.2 Å². The Balaban J connectivity index is 0. The average Bonchev–Trinajstić information content (AvgIpc) is 2.39. The first kappa shape index (κ1) is 21.7. The van der Waals surface area contributed by atoms with Gasteiger partial charge in [0.25, 0.3) is 0 Å². The van der Waals surface area contributed by atoms with Crippen molar-refractivity contribution in [3.63, 3.8) is 0 Å². The Labute approximate surface area is 126 Å². The zero-order valence-corrected chi connectivity index (χ0v) is 13.4. The molecule has 0 rings (SSSR count). The topological polar surface area (TPSA) is 89.9 Å². The normalized spacial score (nSPS) is 9.29. The molecule has 6 nitrogen and oxygen atoms in total. The van der Waals surface area contributed by atoms with E-state index in [9.17, 15) is 14.4 Å². The number of carbonyl (C=O) groups is 3. The van der Waals surface area contributed by atoms with Crippen LogP contribution >= 0.6 is 0 Å². The van der Waals surface area contributed by atoms with E-state index in [1.54, 1.807) is 0 Å². The second-order valence-electron chi connectivity index (χ2n) is 4.59. The molecule has 0 spiro atoms. The first-order chi connectivity index (χ1) is 9.90. The monoisotopic (exact) mass is 304 g/mol. The molecule has 0 bridgehead atoms. The summed E-state index contributed by atoms with van der Waals surface area (Å²) in [6, 6.07) is 0. The van der Waals surface area contributed by atoms with Crippen molar-refractivity contribution in [1.29, 1.82) is 0 Å². The maximum atomic E-state index is 10.1. The molecule has 0 atom stereocenters. The molecule has 0 heterocycles. The quantitative estimate of drug-likeness (QED) is 0.493. The maximum Gasteiger partial charge on any atom is 0.303 e. The fourth-order valence-corrected chi connectivity index (χ4v) is 1.43. The highest BCUT2D eigenvalue weighted by Crippen LogP contribution is 2.06. The Hall–Kier alpha value is -1.59. The van der Waals surface area contributed by atoms with E-state index in [0.717, 1.165) is 12.8 Å². The van der Waals surface area contributed by atoms with Crippen molar-refractivity contribution < 1.29 is 29.0 Å². The third-order valence-corrected chi connectivity index (χ3v) is 2.44. The van der Waals surface area contributed by atoms with Crippen molar-refractivity contribution in [2.45, 2.75) is 65.7 Å². The molecule has 0 aliphatic heterocycles. The Bertz CT molecular complexity index is 272. The van der Waals surface area contributed by atoms with Crippen LogP contribution in [-0.4, -0.2) is 36.2 Å². The van der Waals surface area contributed by atoms with Gasteiger partial charge >= 0.3 is 17.9 Å². The standard InChI is InChI=1S/C9H18O2.C6H10O4/c1-2-3-4-5-6-7-8-9(10)11;1-5(7)9-3-4-10-6(2)8/h2-8H2,1H3,(H,10,11);3-4H2,1-2H3. The molecule has 124 valence electrons. The van der Waals surface area contributed by atoms with Crippen molar-refractivity contribution in [3.05, 3.63) is 0 Å². The summed E-state index contributed by atoms with van der Waals surface area (Å²) >= 11 is 0. The van der Waals surface area contributed by atoms with Gasteiger partial charge in [0, 0.05) is 20.3 Å². The summed E-state index contributed by atoms with van der Waals surface area (Å²) in [6.07, 6.45) is 7.25. The van der Waals surface area contributed by atoms with Crippen LogP contribution in [0.1, 0.15) is 65.7 Å².